The van der Waals surface area contributed by atoms with Crippen molar-refractivity contribution >= 4 is 84.0 Å². The van der Waals surface area contributed by atoms with Crippen LogP contribution in [0.25, 0.3) is 65.8 Å². The first kappa shape index (κ1) is 27.0. The fraction of sp³-hybridized carbons (Fsp3) is 0.114. The van der Waals surface area contributed by atoms with Gasteiger partial charge < -0.3 is 27.1 Å². The highest BCUT2D eigenvalue weighted by atomic mass is 16.5. The van der Waals surface area contributed by atoms with Crippen LogP contribution < -0.4 is 0 Å². The van der Waals surface area contributed by atoms with Gasteiger partial charge in [-0.15, -0.1) is 0 Å². The number of para-hydroxylation sites is 2. The van der Waals surface area contributed by atoms with E-state index in [1.54, 1.807) is 26.0 Å². The summed E-state index contributed by atoms with van der Waals surface area (Å²) in [5.74, 6) is -0.720. The number of aldehydes is 1. The molecule has 0 N–H and O–H groups in total. The Kier molecular flexibility index (Phi) is 6.62. The van der Waals surface area contributed by atoms with Gasteiger partial charge in [0.1, 0.15) is 33.5 Å². The highest BCUT2D eigenvalue weighted by molar-refractivity contribution is 6.17. The van der Waals surface area contributed by atoms with Gasteiger partial charge in [0.05, 0.1) is 18.8 Å². The zero-order chi connectivity index (χ0) is 30.4. The second kappa shape index (κ2) is 10.8. The molecular weight excluding hydrogens is 564 g/mol. The number of fused-ring (bicyclic) bond motifs is 8. The molecule has 8 aromatic rings. The monoisotopic (exact) mass is 588 g/mol. The predicted octanol–water partition coefficient (Wildman–Crippen LogP) is 8.83. The quantitative estimate of drug-likeness (QED) is 0.143. The maximum atomic E-state index is 11.8. The van der Waals surface area contributed by atoms with Gasteiger partial charge in [-0.25, -0.2) is 9.59 Å². The third-order valence-electron chi connectivity index (χ3n) is 7.29. The van der Waals surface area contributed by atoms with Crippen LogP contribution in [0.5, 0.6) is 0 Å². The summed E-state index contributed by atoms with van der Waals surface area (Å²) >= 11 is 0. The standard InChI is InChI=1S/C18H12O5.C17H12O4/c1-2-21-18(20)16-7-11-13(9-19)17-12(8-15(11)22-16)10-5-3-4-6-14(10)23-17;1-2-19-17(18)16-8-10-7-15-12(9-14(10)21-16)11-5-3-4-6-13(11)20-15/h3-9H,2H2,1H3;3-9H,2H2,1H3. The zero-order valence-electron chi connectivity index (χ0n) is 23.7. The summed E-state index contributed by atoms with van der Waals surface area (Å²) in [7, 11) is 0. The number of carbonyl (C=O) groups is 3. The van der Waals surface area contributed by atoms with Crippen molar-refractivity contribution in [2.45, 2.75) is 13.8 Å². The molecule has 4 aromatic heterocycles. The molecule has 0 aliphatic heterocycles. The van der Waals surface area contributed by atoms with Gasteiger partial charge in [0, 0.05) is 38.4 Å². The molecule has 0 fully saturated rings. The first-order valence-corrected chi connectivity index (χ1v) is 14.0. The number of esters is 2. The van der Waals surface area contributed by atoms with Crippen molar-refractivity contribution in [2.75, 3.05) is 13.2 Å². The van der Waals surface area contributed by atoms with Gasteiger partial charge in [0.2, 0.25) is 11.5 Å². The molecule has 9 heteroatoms. The van der Waals surface area contributed by atoms with E-state index >= 15 is 0 Å². The smallest absolute Gasteiger partial charge is 0.374 e. The van der Waals surface area contributed by atoms with Gasteiger partial charge in [-0.1, -0.05) is 36.4 Å². The minimum atomic E-state index is -0.554. The molecule has 0 radical (unpaired) electrons. The van der Waals surface area contributed by atoms with Crippen LogP contribution >= 0.6 is 0 Å². The molecule has 0 saturated heterocycles. The number of hydrogen-bond donors (Lipinski definition) is 0. The predicted molar refractivity (Wildman–Crippen MR) is 164 cm³/mol. The normalized spacial score (nSPS) is 11.4. The minimum absolute atomic E-state index is 0.0712. The second-order valence-corrected chi connectivity index (χ2v) is 9.94. The van der Waals surface area contributed by atoms with Crippen LogP contribution in [0.2, 0.25) is 0 Å². The van der Waals surface area contributed by atoms with E-state index in [9.17, 15) is 14.4 Å². The first-order valence-electron chi connectivity index (χ1n) is 14.0. The molecule has 0 aliphatic carbocycles. The summed E-state index contributed by atoms with van der Waals surface area (Å²) in [6, 6.07) is 24.1. The number of hydrogen-bond acceptors (Lipinski definition) is 9. The van der Waals surface area contributed by atoms with E-state index in [1.165, 1.54) is 6.07 Å². The fourth-order valence-corrected chi connectivity index (χ4v) is 5.37. The lowest BCUT2D eigenvalue weighted by atomic mass is 10.1. The molecule has 0 atom stereocenters. The van der Waals surface area contributed by atoms with E-state index < -0.39 is 11.9 Å². The van der Waals surface area contributed by atoms with Crippen molar-refractivity contribution in [1.29, 1.82) is 0 Å². The maximum Gasteiger partial charge on any atom is 0.374 e. The fourth-order valence-electron chi connectivity index (χ4n) is 5.37. The second-order valence-electron chi connectivity index (χ2n) is 9.94. The average molecular weight is 589 g/mol. The van der Waals surface area contributed by atoms with Gasteiger partial charge in [-0.05, 0) is 50.2 Å². The van der Waals surface area contributed by atoms with Crippen molar-refractivity contribution in [3.05, 3.63) is 95.9 Å². The van der Waals surface area contributed by atoms with Gasteiger partial charge in [-0.3, -0.25) is 4.79 Å². The number of ether oxygens (including phenoxy) is 2. The Hall–Kier alpha value is -5.83. The van der Waals surface area contributed by atoms with Crippen molar-refractivity contribution in [3.8, 4) is 0 Å². The molecule has 8 rings (SSSR count). The molecule has 44 heavy (non-hydrogen) atoms. The van der Waals surface area contributed by atoms with Crippen LogP contribution in [0, 0.1) is 0 Å². The van der Waals surface area contributed by atoms with Crippen molar-refractivity contribution < 1.29 is 41.5 Å². The zero-order valence-corrected chi connectivity index (χ0v) is 23.7. The van der Waals surface area contributed by atoms with Gasteiger partial charge >= 0.3 is 11.9 Å². The Morgan fingerprint density at radius 2 is 1.16 bits per heavy atom. The Morgan fingerprint density at radius 3 is 1.84 bits per heavy atom. The Bertz CT molecular complexity index is 2380. The molecule has 0 bridgehead atoms. The molecule has 0 unspecified atom stereocenters. The van der Waals surface area contributed by atoms with Crippen molar-refractivity contribution in [2.24, 2.45) is 0 Å². The van der Waals surface area contributed by atoms with E-state index in [4.69, 9.17) is 27.1 Å². The van der Waals surface area contributed by atoms with E-state index in [0.29, 0.717) is 39.9 Å². The lowest BCUT2D eigenvalue weighted by Gasteiger charge is -1.96. The Labute approximate surface area is 248 Å². The first-order chi connectivity index (χ1) is 21.5. The van der Waals surface area contributed by atoms with Crippen LogP contribution in [0.1, 0.15) is 45.3 Å². The summed E-state index contributed by atoms with van der Waals surface area (Å²) < 4.78 is 32.7. The molecule has 218 valence electrons. The number of furan rings is 4. The van der Waals surface area contributed by atoms with E-state index in [0.717, 1.165) is 44.4 Å². The van der Waals surface area contributed by atoms with Gasteiger partial charge in [0.25, 0.3) is 0 Å². The van der Waals surface area contributed by atoms with Crippen LogP contribution in [0.4, 0.5) is 0 Å². The molecule has 0 aliphatic rings. The van der Waals surface area contributed by atoms with E-state index in [-0.39, 0.29) is 18.1 Å². The lowest BCUT2D eigenvalue weighted by Crippen LogP contribution is -2.02. The van der Waals surface area contributed by atoms with Gasteiger partial charge in [-0.2, -0.15) is 0 Å². The largest absolute Gasteiger partial charge is 0.460 e. The maximum absolute atomic E-state index is 11.8. The highest BCUT2D eigenvalue weighted by Gasteiger charge is 2.20. The molecule has 0 spiro atoms. The average Bonchev–Trinajstić information content (AvgIpc) is 3.81. The van der Waals surface area contributed by atoms with E-state index in [1.807, 2.05) is 60.7 Å². The summed E-state index contributed by atoms with van der Waals surface area (Å²) in [6.45, 7) is 4.06. The summed E-state index contributed by atoms with van der Waals surface area (Å²) in [4.78, 5) is 35.1. The SMILES string of the molecule is CCOC(=O)c1cc2c(C=O)c3oc4ccccc4c3cc2o1.CCOC(=O)c1cc2cc3oc4ccccc4c3cc2o1. The van der Waals surface area contributed by atoms with Crippen LogP contribution in [-0.4, -0.2) is 31.4 Å². The molecular formula is C35H24O9. The van der Waals surface area contributed by atoms with Crippen LogP contribution in [0.3, 0.4) is 0 Å². The summed E-state index contributed by atoms with van der Waals surface area (Å²) in [5, 5.41) is 5.03. The molecule has 9 nitrogen and oxygen atoms in total. The molecule has 0 saturated carbocycles. The van der Waals surface area contributed by atoms with Crippen LogP contribution in [0.15, 0.2) is 96.5 Å². The summed E-state index contributed by atoms with van der Waals surface area (Å²) in [6.07, 6.45) is 0.720. The number of rotatable bonds is 5. The summed E-state index contributed by atoms with van der Waals surface area (Å²) in [5.41, 5.74) is 4.28. The third kappa shape index (κ3) is 4.46. The Morgan fingerprint density at radius 1 is 0.591 bits per heavy atom. The van der Waals surface area contributed by atoms with Crippen molar-refractivity contribution in [3.63, 3.8) is 0 Å². The minimum Gasteiger partial charge on any atom is -0.460 e. The third-order valence-corrected chi connectivity index (χ3v) is 7.29. The van der Waals surface area contributed by atoms with Gasteiger partial charge in [0.15, 0.2) is 6.29 Å². The molecule has 4 aromatic carbocycles. The number of carbonyl (C=O) groups excluding carboxylic acids is 3. The Balaban J connectivity index is 0.000000143. The van der Waals surface area contributed by atoms with Crippen LogP contribution in [-0.2, 0) is 9.47 Å². The topological polar surface area (TPSA) is 122 Å². The lowest BCUT2D eigenvalue weighted by molar-refractivity contribution is 0.0484. The van der Waals surface area contributed by atoms with E-state index in [2.05, 4.69) is 0 Å². The molecule has 4 heterocycles. The highest BCUT2D eigenvalue weighted by Crippen LogP contribution is 2.36. The molecule has 0 amide bonds. The number of benzene rings is 4. The van der Waals surface area contributed by atoms with Crippen molar-refractivity contribution in [1.82, 2.24) is 0 Å².